The summed E-state index contributed by atoms with van der Waals surface area (Å²) in [5, 5.41) is 0.989. The second kappa shape index (κ2) is 5.67. The molecule has 1 saturated heterocycles. The molecule has 0 radical (unpaired) electrons. The lowest BCUT2D eigenvalue weighted by molar-refractivity contribution is 0.0540. The van der Waals surface area contributed by atoms with Gasteiger partial charge >= 0.3 is 0 Å². The molecule has 1 aliphatic rings. The molecule has 4 nitrogen and oxygen atoms in total. The van der Waals surface area contributed by atoms with Crippen LogP contribution >= 0.6 is 0 Å². The van der Waals surface area contributed by atoms with Crippen molar-refractivity contribution in [2.45, 2.75) is 25.9 Å². The van der Waals surface area contributed by atoms with Crippen LogP contribution in [0, 0.1) is 0 Å². The molecule has 0 aliphatic carbocycles. The number of rotatable bonds is 4. The van der Waals surface area contributed by atoms with Gasteiger partial charge in [-0.2, -0.15) is 0 Å². The molecule has 3 rings (SSSR count). The van der Waals surface area contributed by atoms with Crippen LogP contribution in [0.5, 0.6) is 0 Å². The molecule has 2 aromatic rings. The molecule has 1 aromatic heterocycles. The lowest BCUT2D eigenvalue weighted by Gasteiger charge is -2.24. The Bertz CT molecular complexity index is 599. The van der Waals surface area contributed by atoms with Crippen LogP contribution in [0.4, 0.5) is 0 Å². The quantitative estimate of drug-likeness (QED) is 0.930. The fraction of sp³-hybridized carbons (Fsp3) is 0.438. The van der Waals surface area contributed by atoms with Gasteiger partial charge in [0.25, 0.3) is 5.91 Å². The van der Waals surface area contributed by atoms with Gasteiger partial charge in [-0.15, -0.1) is 0 Å². The molecule has 1 atom stereocenters. The molecule has 20 heavy (non-hydrogen) atoms. The van der Waals surface area contributed by atoms with Crippen molar-refractivity contribution in [1.82, 2.24) is 9.88 Å². The van der Waals surface area contributed by atoms with Crippen LogP contribution in [0.1, 0.15) is 30.1 Å². The van der Waals surface area contributed by atoms with E-state index < -0.39 is 0 Å². The number of aromatic nitrogens is 1. The van der Waals surface area contributed by atoms with E-state index in [1.165, 1.54) is 0 Å². The van der Waals surface area contributed by atoms with Crippen LogP contribution in [0.25, 0.3) is 10.9 Å². The third kappa shape index (κ3) is 2.43. The summed E-state index contributed by atoms with van der Waals surface area (Å²) in [4.78, 5) is 17.8. The number of aromatic amines is 1. The minimum atomic E-state index is 0.0909. The molecular weight excluding hydrogens is 252 g/mol. The molecular formula is C16H20N2O2. The Morgan fingerprint density at radius 2 is 2.35 bits per heavy atom. The number of nitrogens with one attached hydrogen (secondary N) is 1. The van der Waals surface area contributed by atoms with Crippen molar-refractivity contribution in [1.29, 1.82) is 0 Å². The number of amides is 1. The zero-order valence-electron chi connectivity index (χ0n) is 11.8. The van der Waals surface area contributed by atoms with Crippen LogP contribution in [-0.2, 0) is 4.74 Å². The molecule has 1 aliphatic heterocycles. The van der Waals surface area contributed by atoms with E-state index in [0.717, 1.165) is 35.9 Å². The fourth-order valence-corrected chi connectivity index (χ4v) is 2.83. The first-order valence-electron chi connectivity index (χ1n) is 7.26. The summed E-state index contributed by atoms with van der Waals surface area (Å²) < 4.78 is 5.64. The summed E-state index contributed by atoms with van der Waals surface area (Å²) in [7, 11) is 0. The monoisotopic (exact) mass is 272 g/mol. The summed E-state index contributed by atoms with van der Waals surface area (Å²) >= 11 is 0. The number of hydrogen-bond donors (Lipinski definition) is 1. The number of benzene rings is 1. The number of nitrogens with zero attached hydrogens (tertiary/aromatic N) is 1. The number of ether oxygens (including phenoxy) is 1. The van der Waals surface area contributed by atoms with E-state index in [1.54, 1.807) is 0 Å². The zero-order valence-corrected chi connectivity index (χ0v) is 11.8. The Hall–Kier alpha value is -1.81. The lowest BCUT2D eigenvalue weighted by atomic mass is 10.1. The summed E-state index contributed by atoms with van der Waals surface area (Å²) in [6.45, 7) is 4.24. The number of fused-ring (bicyclic) bond motifs is 1. The fourth-order valence-electron chi connectivity index (χ4n) is 2.83. The van der Waals surface area contributed by atoms with Gasteiger partial charge in [-0.3, -0.25) is 4.79 Å². The van der Waals surface area contributed by atoms with E-state index in [9.17, 15) is 4.79 Å². The van der Waals surface area contributed by atoms with Gasteiger partial charge in [0.2, 0.25) is 0 Å². The Balaban J connectivity index is 1.83. The highest BCUT2D eigenvalue weighted by atomic mass is 16.5. The third-order valence-electron chi connectivity index (χ3n) is 3.94. The average molecular weight is 272 g/mol. The number of likely N-dealkylation sites (N-methyl/N-ethyl adjacent to an activating group) is 1. The van der Waals surface area contributed by atoms with E-state index in [0.29, 0.717) is 13.1 Å². The maximum atomic E-state index is 12.7. The molecule has 0 spiro atoms. The van der Waals surface area contributed by atoms with Gasteiger partial charge in [-0.25, -0.2) is 0 Å². The first-order chi connectivity index (χ1) is 9.79. The van der Waals surface area contributed by atoms with Gasteiger partial charge in [0, 0.05) is 42.4 Å². The van der Waals surface area contributed by atoms with Crippen LogP contribution in [0.3, 0.4) is 0 Å². The molecule has 1 fully saturated rings. The largest absolute Gasteiger partial charge is 0.376 e. The predicted octanol–water partition coefficient (Wildman–Crippen LogP) is 2.81. The van der Waals surface area contributed by atoms with Gasteiger partial charge in [0.1, 0.15) is 0 Å². The van der Waals surface area contributed by atoms with E-state index in [-0.39, 0.29) is 12.0 Å². The van der Waals surface area contributed by atoms with Crippen molar-refractivity contribution in [3.05, 3.63) is 36.0 Å². The first-order valence-corrected chi connectivity index (χ1v) is 7.26. The van der Waals surface area contributed by atoms with E-state index in [2.05, 4.69) is 4.98 Å². The third-order valence-corrected chi connectivity index (χ3v) is 3.94. The van der Waals surface area contributed by atoms with Crippen LogP contribution in [0.15, 0.2) is 30.5 Å². The van der Waals surface area contributed by atoms with Crippen molar-refractivity contribution >= 4 is 16.8 Å². The van der Waals surface area contributed by atoms with Gasteiger partial charge in [-0.1, -0.05) is 6.07 Å². The highest BCUT2D eigenvalue weighted by Gasteiger charge is 2.23. The SMILES string of the molecule is CCN(CC1CCCO1)C(=O)c1cccc2[nH]ccc12. The van der Waals surface area contributed by atoms with Gasteiger partial charge < -0.3 is 14.6 Å². The summed E-state index contributed by atoms with van der Waals surface area (Å²) in [6, 6.07) is 7.77. The number of carbonyl (C=O) groups excluding carboxylic acids is 1. The van der Waals surface area contributed by atoms with Crippen molar-refractivity contribution in [3.63, 3.8) is 0 Å². The second-order valence-corrected chi connectivity index (χ2v) is 5.22. The first kappa shape index (κ1) is 13.2. The summed E-state index contributed by atoms with van der Waals surface area (Å²) in [6.07, 6.45) is 4.23. The highest BCUT2D eigenvalue weighted by Crippen LogP contribution is 2.20. The smallest absolute Gasteiger partial charge is 0.254 e. The van der Waals surface area contributed by atoms with Gasteiger partial charge in [0.05, 0.1) is 6.10 Å². The van der Waals surface area contributed by atoms with Gasteiger partial charge in [0.15, 0.2) is 0 Å². The molecule has 4 heteroatoms. The topological polar surface area (TPSA) is 45.3 Å². The highest BCUT2D eigenvalue weighted by molar-refractivity contribution is 6.06. The van der Waals surface area contributed by atoms with E-state index in [1.807, 2.05) is 42.3 Å². The lowest BCUT2D eigenvalue weighted by Crippen LogP contribution is -2.37. The molecule has 1 N–H and O–H groups in total. The van der Waals surface area contributed by atoms with Crippen LogP contribution in [-0.4, -0.2) is 41.6 Å². The molecule has 1 amide bonds. The molecule has 1 unspecified atom stereocenters. The van der Waals surface area contributed by atoms with Crippen molar-refractivity contribution in [3.8, 4) is 0 Å². The number of hydrogen-bond acceptors (Lipinski definition) is 2. The molecule has 106 valence electrons. The second-order valence-electron chi connectivity index (χ2n) is 5.22. The van der Waals surface area contributed by atoms with E-state index >= 15 is 0 Å². The minimum Gasteiger partial charge on any atom is -0.376 e. The Morgan fingerprint density at radius 1 is 1.45 bits per heavy atom. The maximum absolute atomic E-state index is 12.7. The average Bonchev–Trinajstić information content (AvgIpc) is 3.14. The number of carbonyl (C=O) groups is 1. The number of H-pyrrole nitrogens is 1. The van der Waals surface area contributed by atoms with E-state index in [4.69, 9.17) is 4.74 Å². The molecule has 0 bridgehead atoms. The van der Waals surface area contributed by atoms with Crippen molar-refractivity contribution in [2.75, 3.05) is 19.7 Å². The summed E-state index contributed by atoms with van der Waals surface area (Å²) in [5.41, 5.74) is 1.77. The van der Waals surface area contributed by atoms with Crippen LogP contribution in [0.2, 0.25) is 0 Å². The normalized spacial score (nSPS) is 18.6. The van der Waals surface area contributed by atoms with Crippen LogP contribution < -0.4 is 0 Å². The van der Waals surface area contributed by atoms with Gasteiger partial charge in [-0.05, 0) is 38.0 Å². The Kier molecular flexibility index (Phi) is 3.74. The summed E-state index contributed by atoms with van der Waals surface area (Å²) in [5.74, 6) is 0.0909. The Morgan fingerprint density at radius 3 is 3.10 bits per heavy atom. The molecule has 2 heterocycles. The predicted molar refractivity (Wildman–Crippen MR) is 78.9 cm³/mol. The van der Waals surface area contributed by atoms with Crippen molar-refractivity contribution in [2.24, 2.45) is 0 Å². The maximum Gasteiger partial charge on any atom is 0.254 e. The van der Waals surface area contributed by atoms with Crippen molar-refractivity contribution < 1.29 is 9.53 Å². The Labute approximate surface area is 118 Å². The standard InChI is InChI=1S/C16H20N2O2/c1-2-18(11-12-5-4-10-20-12)16(19)14-6-3-7-15-13(14)8-9-17-15/h3,6-9,12,17H,2,4-5,10-11H2,1H3. The minimum absolute atomic E-state index is 0.0909. The molecule has 1 aromatic carbocycles. The molecule has 0 saturated carbocycles. The zero-order chi connectivity index (χ0) is 13.9.